The molecule has 0 aliphatic heterocycles. The molecule has 0 radical (unpaired) electrons. The van der Waals surface area contributed by atoms with Crippen LogP contribution in [0, 0.1) is 0 Å². The van der Waals surface area contributed by atoms with Gasteiger partial charge in [0.05, 0.1) is 0 Å². The van der Waals surface area contributed by atoms with E-state index in [1.165, 1.54) is 24.3 Å². The molecule has 19 heavy (non-hydrogen) atoms. The number of hydrogen-bond acceptors (Lipinski definition) is 4. The quantitative estimate of drug-likeness (QED) is 0.576. The Morgan fingerprint density at radius 1 is 0.947 bits per heavy atom. The molecule has 5 heteroatoms. The number of carboxylic acid groups (broad SMARTS) is 1. The number of rotatable bonds is 3. The van der Waals surface area contributed by atoms with Crippen LogP contribution in [-0.4, -0.2) is 22.0 Å². The Balaban J connectivity index is 2.60. The molecule has 2 aromatic carbocycles. The third-order valence-corrected chi connectivity index (χ3v) is 2.71. The van der Waals surface area contributed by atoms with E-state index < -0.39 is 23.1 Å². The first-order valence-electron chi connectivity index (χ1n) is 5.47. The van der Waals surface area contributed by atoms with Crippen molar-refractivity contribution in [3.63, 3.8) is 0 Å². The molecule has 0 aliphatic rings. The summed E-state index contributed by atoms with van der Waals surface area (Å²) in [7, 11) is 0. The Hall–Kier alpha value is -2.82. The standard InChI is InChI=1S/C14H11NO4/c15-10-6-2-1-4-8(10)13(17)9-5-3-7-11(16)12(9)14(18)19/h1-7,16H,15H2,(H,18,19). The van der Waals surface area contributed by atoms with Gasteiger partial charge in [-0.05, 0) is 24.3 Å². The smallest absolute Gasteiger partial charge is 0.340 e. The van der Waals surface area contributed by atoms with Gasteiger partial charge in [0.2, 0.25) is 0 Å². The number of nitrogens with two attached hydrogens (primary N) is 1. The highest BCUT2D eigenvalue weighted by Gasteiger charge is 2.22. The lowest BCUT2D eigenvalue weighted by atomic mass is 9.97. The van der Waals surface area contributed by atoms with Gasteiger partial charge in [-0.1, -0.05) is 18.2 Å². The second kappa shape index (κ2) is 4.81. The van der Waals surface area contributed by atoms with Crippen molar-refractivity contribution in [2.75, 3.05) is 5.73 Å². The van der Waals surface area contributed by atoms with E-state index >= 15 is 0 Å². The van der Waals surface area contributed by atoms with Crippen LogP contribution in [0.5, 0.6) is 5.75 Å². The van der Waals surface area contributed by atoms with Gasteiger partial charge in [-0.3, -0.25) is 4.79 Å². The molecule has 0 atom stereocenters. The summed E-state index contributed by atoms with van der Waals surface area (Å²) in [5.41, 5.74) is 5.64. The lowest BCUT2D eigenvalue weighted by Gasteiger charge is -2.08. The fourth-order valence-corrected chi connectivity index (χ4v) is 1.80. The first-order chi connectivity index (χ1) is 9.02. The van der Waals surface area contributed by atoms with Crippen molar-refractivity contribution in [2.45, 2.75) is 0 Å². The summed E-state index contributed by atoms with van der Waals surface area (Å²) in [6.45, 7) is 0. The van der Waals surface area contributed by atoms with Crippen molar-refractivity contribution < 1.29 is 19.8 Å². The number of hydrogen-bond donors (Lipinski definition) is 3. The van der Waals surface area contributed by atoms with Gasteiger partial charge >= 0.3 is 5.97 Å². The third kappa shape index (κ3) is 2.26. The molecule has 0 fully saturated rings. The van der Waals surface area contributed by atoms with Crippen LogP contribution in [0.2, 0.25) is 0 Å². The highest BCUT2D eigenvalue weighted by atomic mass is 16.4. The Labute approximate surface area is 108 Å². The van der Waals surface area contributed by atoms with Crippen molar-refractivity contribution in [3.8, 4) is 5.75 Å². The summed E-state index contributed by atoms with van der Waals surface area (Å²) in [5, 5.41) is 18.6. The number of ketones is 1. The van der Waals surface area contributed by atoms with Crippen molar-refractivity contribution in [1.82, 2.24) is 0 Å². The monoisotopic (exact) mass is 257 g/mol. The third-order valence-electron chi connectivity index (χ3n) is 2.71. The van der Waals surface area contributed by atoms with Crippen molar-refractivity contribution in [2.24, 2.45) is 0 Å². The van der Waals surface area contributed by atoms with Crippen molar-refractivity contribution >= 4 is 17.4 Å². The van der Waals surface area contributed by atoms with Crippen LogP contribution >= 0.6 is 0 Å². The number of benzene rings is 2. The van der Waals surface area contributed by atoms with Gasteiger partial charge in [0, 0.05) is 16.8 Å². The van der Waals surface area contributed by atoms with Crippen LogP contribution in [0.1, 0.15) is 26.3 Å². The molecule has 5 nitrogen and oxygen atoms in total. The molecule has 0 aromatic heterocycles. The predicted octanol–water partition coefficient (Wildman–Crippen LogP) is 1.90. The average Bonchev–Trinajstić information content (AvgIpc) is 2.37. The molecule has 0 saturated heterocycles. The van der Waals surface area contributed by atoms with Gasteiger partial charge in [-0.15, -0.1) is 0 Å². The number of carbonyl (C=O) groups excluding carboxylic acids is 1. The summed E-state index contributed by atoms with van der Waals surface area (Å²) in [6, 6.07) is 10.3. The number of para-hydroxylation sites is 1. The maximum atomic E-state index is 12.3. The molecule has 0 bridgehead atoms. The molecule has 2 rings (SSSR count). The molecular weight excluding hydrogens is 246 g/mol. The number of aromatic hydroxyl groups is 1. The number of carbonyl (C=O) groups is 2. The van der Waals surface area contributed by atoms with E-state index in [1.54, 1.807) is 18.2 Å². The van der Waals surface area contributed by atoms with Gasteiger partial charge in [0.1, 0.15) is 11.3 Å². The van der Waals surface area contributed by atoms with E-state index in [4.69, 9.17) is 10.8 Å². The van der Waals surface area contributed by atoms with Crippen LogP contribution in [0.4, 0.5) is 5.69 Å². The molecule has 96 valence electrons. The van der Waals surface area contributed by atoms with E-state index in [1.807, 2.05) is 0 Å². The summed E-state index contributed by atoms with van der Waals surface area (Å²) in [4.78, 5) is 23.4. The lowest BCUT2D eigenvalue weighted by Crippen LogP contribution is -2.11. The van der Waals surface area contributed by atoms with E-state index in [2.05, 4.69) is 0 Å². The van der Waals surface area contributed by atoms with Crippen LogP contribution in [0.15, 0.2) is 42.5 Å². The highest BCUT2D eigenvalue weighted by molar-refractivity contribution is 6.17. The van der Waals surface area contributed by atoms with Gasteiger partial charge in [-0.2, -0.15) is 0 Å². The van der Waals surface area contributed by atoms with E-state index in [0.717, 1.165) is 0 Å². The number of aromatic carboxylic acids is 1. The fraction of sp³-hybridized carbons (Fsp3) is 0. The summed E-state index contributed by atoms with van der Waals surface area (Å²) in [5.74, 6) is -2.35. The van der Waals surface area contributed by atoms with E-state index in [0.29, 0.717) is 0 Å². The van der Waals surface area contributed by atoms with Crippen molar-refractivity contribution in [3.05, 3.63) is 59.2 Å². The number of anilines is 1. The van der Waals surface area contributed by atoms with Crippen LogP contribution in [-0.2, 0) is 0 Å². The second-order valence-corrected chi connectivity index (χ2v) is 3.92. The van der Waals surface area contributed by atoms with Crippen LogP contribution < -0.4 is 5.73 Å². The minimum atomic E-state index is -1.36. The predicted molar refractivity (Wildman–Crippen MR) is 69.4 cm³/mol. The summed E-state index contributed by atoms with van der Waals surface area (Å²) in [6.07, 6.45) is 0. The first-order valence-corrected chi connectivity index (χ1v) is 5.47. The first kappa shape index (κ1) is 12.6. The van der Waals surface area contributed by atoms with E-state index in [9.17, 15) is 14.7 Å². The zero-order valence-corrected chi connectivity index (χ0v) is 9.83. The molecule has 0 saturated carbocycles. The minimum Gasteiger partial charge on any atom is -0.507 e. The Morgan fingerprint density at radius 2 is 1.58 bits per heavy atom. The Bertz CT molecular complexity index is 664. The molecule has 2 aromatic rings. The maximum Gasteiger partial charge on any atom is 0.340 e. The average molecular weight is 257 g/mol. The van der Waals surface area contributed by atoms with Crippen LogP contribution in [0.25, 0.3) is 0 Å². The molecule has 4 N–H and O–H groups in total. The maximum absolute atomic E-state index is 12.3. The lowest BCUT2D eigenvalue weighted by molar-refractivity contribution is 0.0689. The molecule has 0 spiro atoms. The molecule has 0 aliphatic carbocycles. The zero-order valence-electron chi connectivity index (χ0n) is 9.83. The topological polar surface area (TPSA) is 101 Å². The normalized spacial score (nSPS) is 10.1. The summed E-state index contributed by atoms with van der Waals surface area (Å²) < 4.78 is 0. The van der Waals surface area contributed by atoms with E-state index in [-0.39, 0.29) is 16.8 Å². The highest BCUT2D eigenvalue weighted by Crippen LogP contribution is 2.25. The van der Waals surface area contributed by atoms with Gasteiger partial charge < -0.3 is 15.9 Å². The largest absolute Gasteiger partial charge is 0.507 e. The van der Waals surface area contributed by atoms with Gasteiger partial charge in [0.15, 0.2) is 5.78 Å². The van der Waals surface area contributed by atoms with Crippen molar-refractivity contribution in [1.29, 1.82) is 0 Å². The van der Waals surface area contributed by atoms with Crippen LogP contribution in [0.3, 0.4) is 0 Å². The number of carboxylic acids is 1. The number of nitrogen functional groups attached to an aromatic ring is 1. The molecule has 0 amide bonds. The van der Waals surface area contributed by atoms with Gasteiger partial charge in [0.25, 0.3) is 0 Å². The second-order valence-electron chi connectivity index (χ2n) is 3.92. The Kier molecular flexibility index (Phi) is 3.20. The van der Waals surface area contributed by atoms with Gasteiger partial charge in [-0.25, -0.2) is 4.79 Å². The zero-order chi connectivity index (χ0) is 14.0. The molecular formula is C14H11NO4. The SMILES string of the molecule is Nc1ccccc1C(=O)c1cccc(O)c1C(=O)O. The Morgan fingerprint density at radius 3 is 2.21 bits per heavy atom. The molecule has 0 heterocycles. The minimum absolute atomic E-state index is 0.0922. The fourth-order valence-electron chi connectivity index (χ4n) is 1.80. The molecule has 0 unspecified atom stereocenters. The summed E-state index contributed by atoms with van der Waals surface area (Å²) >= 11 is 0. The number of phenols is 1.